The minimum Gasteiger partial charge on any atom is -0.337 e. The van der Waals surface area contributed by atoms with Crippen molar-refractivity contribution in [2.24, 2.45) is 0 Å². The first-order valence-corrected chi connectivity index (χ1v) is 6.22. The maximum absolute atomic E-state index is 4.30. The summed E-state index contributed by atoms with van der Waals surface area (Å²) in [6.45, 7) is 1.91. The molecule has 0 fully saturated rings. The maximum Gasteiger partial charge on any atom is 0.204 e. The largest absolute Gasteiger partial charge is 0.337 e. The summed E-state index contributed by atoms with van der Waals surface area (Å²) in [6.07, 6.45) is 3.57. The fourth-order valence-corrected chi connectivity index (χ4v) is 2.13. The Morgan fingerprint density at radius 1 is 1.28 bits per heavy atom. The summed E-state index contributed by atoms with van der Waals surface area (Å²) in [6, 6.07) is 7.88. The second kappa shape index (κ2) is 4.38. The van der Waals surface area contributed by atoms with Gasteiger partial charge in [0, 0.05) is 22.6 Å². The number of nitrogens with zero attached hydrogens (tertiary/aromatic N) is 4. The predicted octanol–water partition coefficient (Wildman–Crippen LogP) is 2.94. The van der Waals surface area contributed by atoms with E-state index in [9.17, 15) is 0 Å². The average Bonchev–Trinajstić information content (AvgIpc) is 2.73. The molecule has 0 saturated carbocycles. The van der Waals surface area contributed by atoms with Crippen molar-refractivity contribution in [3.8, 4) is 0 Å². The van der Waals surface area contributed by atoms with Gasteiger partial charge in [0.25, 0.3) is 0 Å². The van der Waals surface area contributed by atoms with Gasteiger partial charge in [0.15, 0.2) is 5.82 Å². The van der Waals surface area contributed by atoms with Crippen LogP contribution in [0.15, 0.2) is 41.1 Å². The summed E-state index contributed by atoms with van der Waals surface area (Å²) in [4.78, 5) is 4.30. The highest BCUT2D eigenvalue weighted by molar-refractivity contribution is 9.10. The molecule has 0 spiro atoms. The molecule has 2 heterocycles. The van der Waals surface area contributed by atoms with E-state index in [-0.39, 0.29) is 0 Å². The van der Waals surface area contributed by atoms with E-state index in [0.29, 0.717) is 5.82 Å². The van der Waals surface area contributed by atoms with Gasteiger partial charge >= 0.3 is 0 Å². The molecule has 6 heteroatoms. The van der Waals surface area contributed by atoms with Crippen molar-refractivity contribution < 1.29 is 0 Å². The van der Waals surface area contributed by atoms with E-state index in [1.165, 1.54) is 0 Å². The summed E-state index contributed by atoms with van der Waals surface area (Å²) in [5.74, 6) is 1.53. The zero-order chi connectivity index (χ0) is 12.5. The minimum absolute atomic E-state index is 0.691. The third-order valence-corrected chi connectivity index (χ3v) is 3.08. The number of aromatic nitrogens is 4. The lowest BCUT2D eigenvalue weighted by molar-refractivity contribution is 1.00. The maximum atomic E-state index is 4.30. The molecule has 0 aliphatic rings. The van der Waals surface area contributed by atoms with Crippen molar-refractivity contribution >= 4 is 33.1 Å². The molecule has 1 N–H and O–H groups in total. The van der Waals surface area contributed by atoms with Crippen LogP contribution < -0.4 is 5.32 Å². The van der Waals surface area contributed by atoms with Crippen LogP contribution in [0.4, 0.5) is 11.5 Å². The van der Waals surface area contributed by atoms with Crippen LogP contribution in [0.5, 0.6) is 0 Å². The van der Waals surface area contributed by atoms with Crippen LogP contribution in [-0.2, 0) is 0 Å². The van der Waals surface area contributed by atoms with Gasteiger partial charge in [-0.3, -0.25) is 4.40 Å². The minimum atomic E-state index is 0.691. The third-order valence-electron chi connectivity index (χ3n) is 2.58. The van der Waals surface area contributed by atoms with E-state index in [2.05, 4.69) is 36.4 Å². The molecule has 3 aromatic rings. The third kappa shape index (κ3) is 1.95. The van der Waals surface area contributed by atoms with Crippen LogP contribution in [0.3, 0.4) is 0 Å². The van der Waals surface area contributed by atoms with Gasteiger partial charge in [-0.25, -0.2) is 4.98 Å². The Bertz CT molecular complexity index is 707. The van der Waals surface area contributed by atoms with E-state index in [1.54, 1.807) is 6.20 Å². The molecule has 0 unspecified atom stereocenters. The second-order valence-electron chi connectivity index (χ2n) is 3.85. The molecule has 0 bridgehead atoms. The van der Waals surface area contributed by atoms with E-state index in [1.807, 2.05) is 41.8 Å². The molecule has 0 amide bonds. The van der Waals surface area contributed by atoms with Gasteiger partial charge in [0.2, 0.25) is 5.65 Å². The van der Waals surface area contributed by atoms with E-state index < -0.39 is 0 Å². The summed E-state index contributed by atoms with van der Waals surface area (Å²) >= 11 is 3.44. The standard InChI is InChI=1S/C12H10BrN5/c1-8-16-17-12-11(14-5-6-18(8)12)15-10-4-2-3-9(13)7-10/h2-7H,1H3,(H,14,15). The van der Waals surface area contributed by atoms with Crippen LogP contribution in [0.2, 0.25) is 0 Å². The lowest BCUT2D eigenvalue weighted by atomic mass is 10.3. The van der Waals surface area contributed by atoms with Crippen LogP contribution in [-0.4, -0.2) is 19.6 Å². The first kappa shape index (κ1) is 11.2. The van der Waals surface area contributed by atoms with Crippen molar-refractivity contribution in [2.45, 2.75) is 6.92 Å². The molecular weight excluding hydrogens is 294 g/mol. The van der Waals surface area contributed by atoms with Gasteiger partial charge in [-0.2, -0.15) is 0 Å². The number of benzene rings is 1. The monoisotopic (exact) mass is 303 g/mol. The lowest BCUT2D eigenvalue weighted by Gasteiger charge is -2.06. The average molecular weight is 304 g/mol. The molecular formula is C12H10BrN5. The van der Waals surface area contributed by atoms with E-state index in [0.717, 1.165) is 21.6 Å². The zero-order valence-corrected chi connectivity index (χ0v) is 11.2. The molecule has 3 rings (SSSR count). The van der Waals surface area contributed by atoms with E-state index >= 15 is 0 Å². The SMILES string of the molecule is Cc1nnc2c(Nc3cccc(Br)c3)nccn12. The Morgan fingerprint density at radius 2 is 2.17 bits per heavy atom. The Hall–Kier alpha value is -1.95. The van der Waals surface area contributed by atoms with Crippen LogP contribution >= 0.6 is 15.9 Å². The number of anilines is 2. The highest BCUT2D eigenvalue weighted by Gasteiger charge is 2.07. The molecule has 0 aliphatic heterocycles. The van der Waals surface area contributed by atoms with Crippen LogP contribution in [0.1, 0.15) is 5.82 Å². The number of hydrogen-bond acceptors (Lipinski definition) is 4. The zero-order valence-electron chi connectivity index (χ0n) is 9.63. The van der Waals surface area contributed by atoms with Gasteiger partial charge in [-0.1, -0.05) is 22.0 Å². The highest BCUT2D eigenvalue weighted by atomic mass is 79.9. The first-order valence-electron chi connectivity index (χ1n) is 5.43. The summed E-state index contributed by atoms with van der Waals surface area (Å²) in [5.41, 5.74) is 1.67. The molecule has 5 nitrogen and oxygen atoms in total. The van der Waals surface area contributed by atoms with Crippen molar-refractivity contribution in [1.29, 1.82) is 0 Å². The van der Waals surface area contributed by atoms with Crippen molar-refractivity contribution in [1.82, 2.24) is 19.6 Å². The first-order chi connectivity index (χ1) is 8.74. The summed E-state index contributed by atoms with van der Waals surface area (Å²) in [7, 11) is 0. The van der Waals surface area contributed by atoms with Crippen molar-refractivity contribution in [3.63, 3.8) is 0 Å². The highest BCUT2D eigenvalue weighted by Crippen LogP contribution is 2.21. The lowest BCUT2D eigenvalue weighted by Crippen LogP contribution is -1.98. The molecule has 18 heavy (non-hydrogen) atoms. The Labute approximate surface area is 112 Å². The number of nitrogens with one attached hydrogen (secondary N) is 1. The number of aryl methyl sites for hydroxylation is 1. The molecule has 0 radical (unpaired) electrons. The number of fused-ring (bicyclic) bond motifs is 1. The van der Waals surface area contributed by atoms with Gasteiger partial charge in [-0.05, 0) is 25.1 Å². The van der Waals surface area contributed by atoms with Gasteiger partial charge in [0.05, 0.1) is 0 Å². The Morgan fingerprint density at radius 3 is 3.00 bits per heavy atom. The van der Waals surface area contributed by atoms with Crippen LogP contribution in [0, 0.1) is 6.92 Å². The normalized spacial score (nSPS) is 10.8. The van der Waals surface area contributed by atoms with Gasteiger partial charge < -0.3 is 5.32 Å². The summed E-state index contributed by atoms with van der Waals surface area (Å²) < 4.78 is 2.91. The Balaban J connectivity index is 2.05. The quantitative estimate of drug-likeness (QED) is 0.791. The fourth-order valence-electron chi connectivity index (χ4n) is 1.73. The smallest absolute Gasteiger partial charge is 0.204 e. The topological polar surface area (TPSA) is 55.1 Å². The van der Waals surface area contributed by atoms with Crippen LogP contribution in [0.25, 0.3) is 5.65 Å². The van der Waals surface area contributed by atoms with Gasteiger partial charge in [-0.15, -0.1) is 10.2 Å². The number of halogens is 1. The van der Waals surface area contributed by atoms with Crippen molar-refractivity contribution in [3.05, 3.63) is 47.0 Å². The summed E-state index contributed by atoms with van der Waals surface area (Å²) in [5, 5.41) is 11.4. The molecule has 0 aliphatic carbocycles. The molecule has 90 valence electrons. The fraction of sp³-hybridized carbons (Fsp3) is 0.0833. The molecule has 0 atom stereocenters. The van der Waals surface area contributed by atoms with E-state index in [4.69, 9.17) is 0 Å². The molecule has 0 saturated heterocycles. The van der Waals surface area contributed by atoms with Gasteiger partial charge in [0.1, 0.15) is 5.82 Å². The van der Waals surface area contributed by atoms with Crippen molar-refractivity contribution in [2.75, 3.05) is 5.32 Å². The predicted molar refractivity (Wildman–Crippen MR) is 72.9 cm³/mol. The second-order valence-corrected chi connectivity index (χ2v) is 4.77. The molecule has 1 aromatic carbocycles. The number of hydrogen-bond donors (Lipinski definition) is 1. The molecule has 2 aromatic heterocycles. The Kier molecular flexibility index (Phi) is 2.71. The number of rotatable bonds is 2.